The number of thioether (sulfide) groups is 1. The molecule has 1 atom stereocenters. The van der Waals surface area contributed by atoms with Crippen LogP contribution in [0.2, 0.25) is 0 Å². The summed E-state index contributed by atoms with van der Waals surface area (Å²) in [6.45, 7) is 2.90. The lowest BCUT2D eigenvalue weighted by molar-refractivity contribution is 0.521. The molecule has 5 nitrogen and oxygen atoms in total. The van der Waals surface area contributed by atoms with Crippen molar-refractivity contribution in [3.63, 3.8) is 0 Å². The van der Waals surface area contributed by atoms with E-state index in [1.807, 2.05) is 0 Å². The Kier molecular flexibility index (Phi) is 6.16. The molecule has 0 radical (unpaired) electrons. The summed E-state index contributed by atoms with van der Waals surface area (Å²) in [7, 11) is -0.405. The molecule has 0 aromatic heterocycles. The van der Waals surface area contributed by atoms with Crippen LogP contribution in [-0.2, 0) is 10.0 Å². The van der Waals surface area contributed by atoms with Gasteiger partial charge in [-0.1, -0.05) is 6.92 Å². The van der Waals surface area contributed by atoms with Gasteiger partial charge in [0.1, 0.15) is 0 Å². The van der Waals surface area contributed by atoms with Crippen LogP contribution in [0, 0.1) is 5.92 Å². The maximum Gasteiger partial charge on any atom is 0.242 e. The number of sulfonamides is 1. The fourth-order valence-electron chi connectivity index (χ4n) is 1.69. The molecular formula is C13H23N3O2S2. The second-order valence-corrected chi connectivity index (χ2v) is 8.04. The van der Waals surface area contributed by atoms with Gasteiger partial charge in [-0.15, -0.1) is 0 Å². The molecule has 0 heterocycles. The van der Waals surface area contributed by atoms with Crippen molar-refractivity contribution in [2.75, 3.05) is 43.7 Å². The largest absolute Gasteiger partial charge is 0.397 e. The zero-order chi connectivity index (χ0) is 15.3. The summed E-state index contributed by atoms with van der Waals surface area (Å²) in [5.74, 6) is 1.53. The Bertz CT molecular complexity index is 545. The summed E-state index contributed by atoms with van der Waals surface area (Å²) in [5.41, 5.74) is 7.12. The number of nitrogens with zero attached hydrogens (tertiary/aromatic N) is 1. The fourth-order valence-corrected chi connectivity index (χ4v) is 3.30. The van der Waals surface area contributed by atoms with E-state index >= 15 is 0 Å². The van der Waals surface area contributed by atoms with Crippen LogP contribution in [0.4, 0.5) is 11.4 Å². The van der Waals surface area contributed by atoms with Crippen LogP contribution in [0.5, 0.6) is 0 Å². The quantitative estimate of drug-likeness (QED) is 0.752. The first kappa shape index (κ1) is 17.1. The Morgan fingerprint density at radius 1 is 1.40 bits per heavy atom. The molecule has 0 saturated heterocycles. The average Bonchev–Trinajstić information content (AvgIpc) is 2.37. The lowest BCUT2D eigenvalue weighted by atomic mass is 10.2. The molecule has 1 aromatic carbocycles. The number of anilines is 2. The lowest BCUT2D eigenvalue weighted by Gasteiger charge is -2.16. The van der Waals surface area contributed by atoms with Crippen molar-refractivity contribution < 1.29 is 8.42 Å². The monoisotopic (exact) mass is 317 g/mol. The second kappa shape index (κ2) is 7.19. The van der Waals surface area contributed by atoms with Crippen LogP contribution in [0.1, 0.15) is 6.92 Å². The minimum Gasteiger partial charge on any atom is -0.397 e. The number of nitrogen functional groups attached to an aromatic ring is 1. The van der Waals surface area contributed by atoms with Crippen molar-refractivity contribution in [1.29, 1.82) is 0 Å². The van der Waals surface area contributed by atoms with E-state index < -0.39 is 10.0 Å². The highest BCUT2D eigenvalue weighted by Crippen LogP contribution is 2.24. The normalized spacial score (nSPS) is 13.4. The Morgan fingerprint density at radius 3 is 2.60 bits per heavy atom. The molecule has 0 saturated carbocycles. The summed E-state index contributed by atoms with van der Waals surface area (Å²) in [6, 6.07) is 4.75. The molecule has 7 heteroatoms. The Balaban J connectivity index is 2.93. The zero-order valence-electron chi connectivity index (χ0n) is 12.4. The number of hydrogen-bond acceptors (Lipinski definition) is 5. The van der Waals surface area contributed by atoms with Gasteiger partial charge in [0.2, 0.25) is 10.0 Å². The highest BCUT2D eigenvalue weighted by Gasteiger charge is 2.18. The molecule has 1 unspecified atom stereocenters. The summed E-state index contributed by atoms with van der Waals surface area (Å²) in [6.07, 6.45) is 2.06. The first-order chi connectivity index (χ1) is 9.28. The Morgan fingerprint density at radius 2 is 2.05 bits per heavy atom. The molecule has 0 aliphatic heterocycles. The number of nitrogens with one attached hydrogen (secondary N) is 1. The van der Waals surface area contributed by atoms with Crippen LogP contribution in [0.3, 0.4) is 0 Å². The molecule has 0 bridgehead atoms. The molecule has 20 heavy (non-hydrogen) atoms. The lowest BCUT2D eigenvalue weighted by Crippen LogP contribution is -2.22. The fraction of sp³-hybridized carbons (Fsp3) is 0.538. The van der Waals surface area contributed by atoms with Crippen molar-refractivity contribution in [2.24, 2.45) is 5.92 Å². The first-order valence-corrected chi connectivity index (χ1v) is 9.17. The van der Waals surface area contributed by atoms with E-state index in [9.17, 15) is 8.42 Å². The summed E-state index contributed by atoms with van der Waals surface area (Å²) < 4.78 is 25.4. The molecule has 114 valence electrons. The highest BCUT2D eigenvalue weighted by atomic mass is 32.2. The average molecular weight is 317 g/mol. The van der Waals surface area contributed by atoms with Crippen molar-refractivity contribution >= 4 is 33.2 Å². The molecule has 0 spiro atoms. The Hall–Kier alpha value is -0.920. The smallest absolute Gasteiger partial charge is 0.242 e. The van der Waals surface area contributed by atoms with Gasteiger partial charge in [-0.2, -0.15) is 11.8 Å². The number of benzene rings is 1. The molecule has 0 aliphatic rings. The van der Waals surface area contributed by atoms with E-state index in [-0.39, 0.29) is 4.90 Å². The van der Waals surface area contributed by atoms with Gasteiger partial charge in [0.05, 0.1) is 16.3 Å². The molecule has 1 rings (SSSR count). The van der Waals surface area contributed by atoms with Gasteiger partial charge in [0.15, 0.2) is 0 Å². The summed E-state index contributed by atoms with van der Waals surface area (Å²) in [5, 5.41) is 3.23. The van der Waals surface area contributed by atoms with Crippen LogP contribution >= 0.6 is 11.8 Å². The van der Waals surface area contributed by atoms with Crippen LogP contribution in [-0.4, -0.2) is 45.4 Å². The number of nitrogens with two attached hydrogens (primary N) is 1. The minimum atomic E-state index is -3.43. The van der Waals surface area contributed by atoms with Crippen molar-refractivity contribution in [1.82, 2.24) is 4.31 Å². The third-order valence-electron chi connectivity index (χ3n) is 2.90. The zero-order valence-corrected chi connectivity index (χ0v) is 14.0. The van der Waals surface area contributed by atoms with E-state index in [0.29, 0.717) is 17.3 Å². The van der Waals surface area contributed by atoms with Gasteiger partial charge in [0, 0.05) is 20.6 Å². The number of rotatable bonds is 7. The van der Waals surface area contributed by atoms with Gasteiger partial charge >= 0.3 is 0 Å². The standard InChI is InChI=1S/C13H23N3O2S2/c1-10(9-19-4)8-15-13-7-11(5-6-12(13)14)20(17,18)16(2)3/h5-7,10,15H,8-9,14H2,1-4H3. The number of hydrogen-bond donors (Lipinski definition) is 2. The van der Waals surface area contributed by atoms with Crippen LogP contribution < -0.4 is 11.1 Å². The summed E-state index contributed by atoms with van der Waals surface area (Å²) in [4.78, 5) is 0.247. The van der Waals surface area contributed by atoms with Crippen LogP contribution in [0.15, 0.2) is 23.1 Å². The van der Waals surface area contributed by atoms with Gasteiger partial charge in [-0.3, -0.25) is 0 Å². The topological polar surface area (TPSA) is 75.4 Å². The second-order valence-electron chi connectivity index (χ2n) is 4.98. The molecule has 0 aliphatic carbocycles. The van der Waals surface area contributed by atoms with E-state index in [1.165, 1.54) is 24.5 Å². The van der Waals surface area contributed by atoms with Crippen molar-refractivity contribution in [2.45, 2.75) is 11.8 Å². The molecular weight excluding hydrogens is 294 g/mol. The van der Waals surface area contributed by atoms with Crippen molar-refractivity contribution in [3.05, 3.63) is 18.2 Å². The third kappa shape index (κ3) is 4.29. The molecule has 1 aromatic rings. The molecule has 0 amide bonds. The van der Waals surface area contributed by atoms with Gasteiger partial charge < -0.3 is 11.1 Å². The van der Waals surface area contributed by atoms with Gasteiger partial charge in [-0.25, -0.2) is 12.7 Å². The van der Waals surface area contributed by atoms with Crippen molar-refractivity contribution in [3.8, 4) is 0 Å². The van der Waals surface area contributed by atoms with Gasteiger partial charge in [0.25, 0.3) is 0 Å². The minimum absolute atomic E-state index is 0.247. The third-order valence-corrected chi connectivity index (χ3v) is 5.61. The van der Waals surface area contributed by atoms with E-state index in [0.717, 1.165) is 12.3 Å². The maximum atomic E-state index is 12.1. The van der Waals surface area contributed by atoms with Gasteiger partial charge in [-0.05, 0) is 36.1 Å². The predicted molar refractivity (Wildman–Crippen MR) is 87.8 cm³/mol. The summed E-state index contributed by atoms with van der Waals surface area (Å²) >= 11 is 1.79. The van der Waals surface area contributed by atoms with E-state index in [4.69, 9.17) is 5.73 Å². The van der Waals surface area contributed by atoms with Crippen LogP contribution in [0.25, 0.3) is 0 Å². The maximum absolute atomic E-state index is 12.1. The van der Waals surface area contributed by atoms with E-state index in [1.54, 1.807) is 23.9 Å². The SMILES string of the molecule is CSCC(C)CNc1cc(S(=O)(=O)N(C)C)ccc1N. The first-order valence-electron chi connectivity index (χ1n) is 6.34. The Labute approximate surface area is 126 Å². The molecule has 3 N–H and O–H groups in total. The molecule has 0 fully saturated rings. The predicted octanol–water partition coefficient (Wildman–Crippen LogP) is 1.93. The highest BCUT2D eigenvalue weighted by molar-refractivity contribution is 7.98. The van der Waals surface area contributed by atoms with E-state index in [2.05, 4.69) is 18.5 Å².